The maximum atomic E-state index is 12.6. The van der Waals surface area contributed by atoms with Gasteiger partial charge in [-0.3, -0.25) is 4.79 Å². The third-order valence-corrected chi connectivity index (χ3v) is 6.61. The maximum absolute atomic E-state index is 12.6. The summed E-state index contributed by atoms with van der Waals surface area (Å²) in [4.78, 5) is 36.0. The number of carboxylic acid groups (broad SMARTS) is 1. The molecule has 0 radical (unpaired) electrons. The van der Waals surface area contributed by atoms with Gasteiger partial charge >= 0.3 is 12.1 Å². The second-order valence-electron chi connectivity index (χ2n) is 9.12. The van der Waals surface area contributed by atoms with Crippen molar-refractivity contribution in [3.63, 3.8) is 0 Å². The molecule has 2 aliphatic rings. The molecule has 0 aliphatic heterocycles. The van der Waals surface area contributed by atoms with Gasteiger partial charge in [-0.25, -0.2) is 9.59 Å². The van der Waals surface area contributed by atoms with E-state index in [1.807, 2.05) is 36.4 Å². The second kappa shape index (κ2) is 8.86. The van der Waals surface area contributed by atoms with Crippen molar-refractivity contribution >= 4 is 18.0 Å². The molecule has 1 atom stereocenters. The molecule has 4 N–H and O–H groups in total. The van der Waals surface area contributed by atoms with Crippen LogP contribution in [0.5, 0.6) is 0 Å². The number of fused-ring (bicyclic) bond motifs is 3. The van der Waals surface area contributed by atoms with Gasteiger partial charge in [0.25, 0.3) is 0 Å². The quantitative estimate of drug-likeness (QED) is 0.488. The molecule has 8 heteroatoms. The first kappa shape index (κ1) is 22.8. The van der Waals surface area contributed by atoms with Crippen LogP contribution < -0.4 is 10.6 Å². The number of rotatable bonds is 8. The molecular formula is C25H28N2O6. The highest BCUT2D eigenvalue weighted by molar-refractivity contribution is 5.82. The fourth-order valence-corrected chi connectivity index (χ4v) is 4.52. The van der Waals surface area contributed by atoms with Crippen molar-refractivity contribution in [2.75, 3.05) is 13.2 Å². The van der Waals surface area contributed by atoms with E-state index in [0.29, 0.717) is 12.8 Å². The number of benzene rings is 2. The average molecular weight is 453 g/mol. The summed E-state index contributed by atoms with van der Waals surface area (Å²) < 4.78 is 5.60. The predicted octanol–water partition coefficient (Wildman–Crippen LogP) is 2.79. The first-order valence-corrected chi connectivity index (χ1v) is 11.1. The van der Waals surface area contributed by atoms with Gasteiger partial charge in [0.15, 0.2) is 5.60 Å². The molecule has 1 unspecified atom stereocenters. The third kappa shape index (κ3) is 4.71. The molecule has 33 heavy (non-hydrogen) atoms. The largest absolute Gasteiger partial charge is 0.479 e. The van der Waals surface area contributed by atoms with E-state index in [1.54, 1.807) is 0 Å². The standard InChI is InChI=1S/C25H28N2O6/c1-24(32,22(29)30)15-26-21(28)13-25(11-6-12-25)27-23(31)33-14-20-18-9-4-2-7-16(18)17-8-3-5-10-19(17)20/h2-5,7-10,20,32H,6,11-15H2,1H3,(H,26,28)(H,27,31)(H,29,30). The molecule has 1 fully saturated rings. The minimum Gasteiger partial charge on any atom is -0.479 e. The van der Waals surface area contributed by atoms with Crippen LogP contribution in [0.3, 0.4) is 0 Å². The summed E-state index contributed by atoms with van der Waals surface area (Å²) in [5.74, 6) is -1.91. The van der Waals surface area contributed by atoms with Gasteiger partial charge in [-0.05, 0) is 48.4 Å². The fraction of sp³-hybridized carbons (Fsp3) is 0.400. The van der Waals surface area contributed by atoms with Gasteiger partial charge in [-0.15, -0.1) is 0 Å². The molecule has 2 aromatic carbocycles. The zero-order valence-corrected chi connectivity index (χ0v) is 18.5. The lowest BCUT2D eigenvalue weighted by Crippen LogP contribution is -2.57. The molecule has 174 valence electrons. The van der Waals surface area contributed by atoms with E-state index >= 15 is 0 Å². The van der Waals surface area contributed by atoms with Gasteiger partial charge in [-0.1, -0.05) is 48.5 Å². The van der Waals surface area contributed by atoms with Crippen LogP contribution in [0.25, 0.3) is 11.1 Å². The molecule has 4 rings (SSSR count). The first-order valence-electron chi connectivity index (χ1n) is 11.1. The Labute approximate surface area is 192 Å². The van der Waals surface area contributed by atoms with Crippen LogP contribution in [0.1, 0.15) is 49.7 Å². The summed E-state index contributed by atoms with van der Waals surface area (Å²) in [6.45, 7) is 0.884. The van der Waals surface area contributed by atoms with Crippen LogP contribution in [-0.2, 0) is 14.3 Å². The summed E-state index contributed by atoms with van der Waals surface area (Å²) in [5.41, 5.74) is 1.76. The number of carbonyl (C=O) groups excluding carboxylic acids is 2. The topological polar surface area (TPSA) is 125 Å². The molecular weight excluding hydrogens is 424 g/mol. The molecule has 2 aromatic rings. The Morgan fingerprint density at radius 3 is 2.15 bits per heavy atom. The number of carbonyl (C=O) groups is 3. The van der Waals surface area contributed by atoms with Crippen molar-refractivity contribution in [2.24, 2.45) is 0 Å². The van der Waals surface area contributed by atoms with E-state index in [9.17, 15) is 19.5 Å². The molecule has 2 amide bonds. The lowest BCUT2D eigenvalue weighted by atomic mass is 9.74. The Kier molecular flexibility index (Phi) is 6.12. The van der Waals surface area contributed by atoms with Crippen LogP contribution in [0.2, 0.25) is 0 Å². The van der Waals surface area contributed by atoms with Crippen LogP contribution in [-0.4, -0.2) is 52.5 Å². The lowest BCUT2D eigenvalue weighted by Gasteiger charge is -2.41. The molecule has 0 aromatic heterocycles. The predicted molar refractivity (Wildman–Crippen MR) is 121 cm³/mol. The number of ether oxygens (including phenoxy) is 1. The van der Waals surface area contributed by atoms with Gasteiger partial charge in [0.05, 0.1) is 12.1 Å². The van der Waals surface area contributed by atoms with Gasteiger partial charge in [0.1, 0.15) is 6.61 Å². The summed E-state index contributed by atoms with van der Waals surface area (Å²) in [6, 6.07) is 16.2. The van der Waals surface area contributed by atoms with Gasteiger partial charge < -0.3 is 25.6 Å². The van der Waals surface area contributed by atoms with Crippen molar-refractivity contribution < 1.29 is 29.3 Å². The average Bonchev–Trinajstić information content (AvgIpc) is 3.08. The van der Waals surface area contributed by atoms with E-state index < -0.39 is 35.7 Å². The van der Waals surface area contributed by atoms with Crippen molar-refractivity contribution in [2.45, 2.75) is 49.7 Å². The fourth-order valence-electron chi connectivity index (χ4n) is 4.52. The van der Waals surface area contributed by atoms with Crippen LogP contribution >= 0.6 is 0 Å². The Morgan fingerprint density at radius 2 is 1.64 bits per heavy atom. The minimum atomic E-state index is -2.05. The summed E-state index contributed by atoms with van der Waals surface area (Å²) in [5, 5.41) is 24.0. The van der Waals surface area contributed by atoms with E-state index in [0.717, 1.165) is 35.6 Å². The van der Waals surface area contributed by atoms with Gasteiger partial charge in [0.2, 0.25) is 5.91 Å². The molecule has 8 nitrogen and oxygen atoms in total. The van der Waals surface area contributed by atoms with Crippen molar-refractivity contribution in [1.29, 1.82) is 0 Å². The molecule has 0 heterocycles. The summed E-state index contributed by atoms with van der Waals surface area (Å²) >= 11 is 0. The molecule has 1 saturated carbocycles. The number of aliphatic carboxylic acids is 1. The Morgan fingerprint density at radius 1 is 1.06 bits per heavy atom. The molecule has 0 saturated heterocycles. The summed E-state index contributed by atoms with van der Waals surface area (Å²) in [7, 11) is 0. The highest BCUT2D eigenvalue weighted by Gasteiger charge is 2.41. The number of nitrogens with one attached hydrogen (secondary N) is 2. The van der Waals surface area contributed by atoms with Gasteiger partial charge in [-0.2, -0.15) is 0 Å². The van der Waals surface area contributed by atoms with Crippen molar-refractivity contribution in [3.05, 3.63) is 59.7 Å². The zero-order chi connectivity index (χ0) is 23.6. The second-order valence-corrected chi connectivity index (χ2v) is 9.12. The summed E-state index contributed by atoms with van der Waals surface area (Å²) in [6.07, 6.45) is 1.53. The smallest absolute Gasteiger partial charge is 0.407 e. The Balaban J connectivity index is 1.35. The number of aliphatic hydroxyl groups is 1. The van der Waals surface area contributed by atoms with Crippen molar-refractivity contribution in [3.8, 4) is 11.1 Å². The Hall–Kier alpha value is -3.39. The van der Waals surface area contributed by atoms with E-state index in [1.165, 1.54) is 0 Å². The van der Waals surface area contributed by atoms with E-state index in [2.05, 4.69) is 22.8 Å². The number of hydrogen-bond donors (Lipinski definition) is 4. The van der Waals surface area contributed by atoms with Gasteiger partial charge in [0, 0.05) is 12.3 Å². The minimum absolute atomic E-state index is 0.00705. The molecule has 0 spiro atoms. The van der Waals surface area contributed by atoms with Crippen LogP contribution in [0.15, 0.2) is 48.5 Å². The lowest BCUT2D eigenvalue weighted by molar-refractivity contribution is -0.156. The molecule has 0 bridgehead atoms. The number of carboxylic acids is 1. The Bertz CT molecular complexity index is 1030. The maximum Gasteiger partial charge on any atom is 0.407 e. The third-order valence-electron chi connectivity index (χ3n) is 6.61. The molecule has 2 aliphatic carbocycles. The number of amides is 2. The van der Waals surface area contributed by atoms with Crippen LogP contribution in [0.4, 0.5) is 4.79 Å². The van der Waals surface area contributed by atoms with Crippen LogP contribution in [0, 0.1) is 0 Å². The number of hydrogen-bond acceptors (Lipinski definition) is 5. The van der Waals surface area contributed by atoms with E-state index in [4.69, 9.17) is 9.84 Å². The zero-order valence-electron chi connectivity index (χ0n) is 18.5. The number of alkyl carbamates (subject to hydrolysis) is 1. The van der Waals surface area contributed by atoms with Crippen molar-refractivity contribution in [1.82, 2.24) is 10.6 Å². The highest BCUT2D eigenvalue weighted by Crippen LogP contribution is 2.44. The SMILES string of the molecule is CC(O)(CNC(=O)CC1(NC(=O)OCC2c3ccccc3-c3ccccc32)CCC1)C(=O)O. The first-order chi connectivity index (χ1) is 15.7. The highest BCUT2D eigenvalue weighted by atomic mass is 16.5. The normalized spacial score (nSPS) is 17.6. The monoisotopic (exact) mass is 452 g/mol. The van der Waals surface area contributed by atoms with E-state index in [-0.39, 0.29) is 18.9 Å².